The highest BCUT2D eigenvalue weighted by Gasteiger charge is 2.44. The number of hydrogen-bond acceptors (Lipinski definition) is 8. The van der Waals surface area contributed by atoms with Crippen LogP contribution in [-0.2, 0) is 14.3 Å². The van der Waals surface area contributed by atoms with Gasteiger partial charge in [-0.3, -0.25) is 4.79 Å². The number of carboxylic acid groups (broad SMARTS) is 1. The summed E-state index contributed by atoms with van der Waals surface area (Å²) in [5, 5.41) is 46.8. The molecular formula is C12H22O8S. The van der Waals surface area contributed by atoms with Crippen molar-refractivity contribution >= 4 is 17.7 Å². The van der Waals surface area contributed by atoms with Crippen molar-refractivity contribution in [2.75, 3.05) is 12.4 Å². The second kappa shape index (κ2) is 8.89. The number of thioether (sulfide) groups is 1. The molecule has 6 atom stereocenters. The van der Waals surface area contributed by atoms with Gasteiger partial charge in [-0.05, 0) is 6.42 Å². The summed E-state index contributed by atoms with van der Waals surface area (Å²) < 4.78 is 10.7. The molecule has 0 bridgehead atoms. The number of ether oxygens (including phenoxy) is 2. The molecule has 1 fully saturated rings. The minimum Gasteiger partial charge on any atom is -0.481 e. The first kappa shape index (κ1) is 18.6. The predicted molar refractivity (Wildman–Crippen MR) is 73.6 cm³/mol. The van der Waals surface area contributed by atoms with Crippen LogP contribution in [-0.4, -0.2) is 80.0 Å². The Labute approximate surface area is 126 Å². The molecule has 1 rings (SSSR count). The van der Waals surface area contributed by atoms with Crippen LogP contribution >= 0.6 is 11.8 Å². The Balaban J connectivity index is 2.55. The molecule has 124 valence electrons. The zero-order valence-corrected chi connectivity index (χ0v) is 12.5. The maximum Gasteiger partial charge on any atom is 0.304 e. The summed E-state index contributed by atoms with van der Waals surface area (Å²) in [4.78, 5) is 10.5. The maximum absolute atomic E-state index is 10.5. The van der Waals surface area contributed by atoms with E-state index in [1.807, 2.05) is 6.92 Å². The van der Waals surface area contributed by atoms with Crippen molar-refractivity contribution < 1.29 is 39.8 Å². The summed E-state index contributed by atoms with van der Waals surface area (Å²) in [6.45, 7) is 1.30. The van der Waals surface area contributed by atoms with Gasteiger partial charge in [-0.1, -0.05) is 6.92 Å². The highest BCUT2D eigenvalue weighted by molar-refractivity contribution is 7.99. The van der Waals surface area contributed by atoms with Crippen molar-refractivity contribution in [2.45, 2.75) is 55.9 Å². The summed E-state index contributed by atoms with van der Waals surface area (Å²) in [6.07, 6.45) is -6.04. The van der Waals surface area contributed by atoms with E-state index in [1.165, 1.54) is 11.8 Å². The quantitative estimate of drug-likeness (QED) is 0.346. The maximum atomic E-state index is 10.5. The molecule has 21 heavy (non-hydrogen) atoms. The van der Waals surface area contributed by atoms with E-state index < -0.39 is 48.7 Å². The van der Waals surface area contributed by atoms with Gasteiger partial charge in [0.15, 0.2) is 6.29 Å². The lowest BCUT2D eigenvalue weighted by atomic mass is 9.99. The fourth-order valence-electron chi connectivity index (χ4n) is 1.86. The van der Waals surface area contributed by atoms with Gasteiger partial charge in [0.25, 0.3) is 0 Å². The Hall–Kier alpha value is -0.420. The summed E-state index contributed by atoms with van der Waals surface area (Å²) in [5.41, 5.74) is -0.425. The monoisotopic (exact) mass is 326 g/mol. The molecule has 1 saturated heterocycles. The summed E-state index contributed by atoms with van der Waals surface area (Å²) in [7, 11) is 0. The molecule has 0 spiro atoms. The first-order valence-electron chi connectivity index (χ1n) is 6.70. The average molecular weight is 326 g/mol. The van der Waals surface area contributed by atoms with Gasteiger partial charge in [0.05, 0.1) is 13.0 Å². The molecule has 0 aliphatic carbocycles. The third-order valence-corrected chi connectivity index (χ3v) is 4.34. The summed E-state index contributed by atoms with van der Waals surface area (Å²) >= 11 is 1.26. The van der Waals surface area contributed by atoms with Gasteiger partial charge in [0, 0.05) is 5.75 Å². The van der Waals surface area contributed by atoms with Gasteiger partial charge >= 0.3 is 5.97 Å². The van der Waals surface area contributed by atoms with Crippen LogP contribution in [0.2, 0.25) is 0 Å². The number of carbonyl (C=O) groups is 1. The molecule has 1 aliphatic heterocycles. The van der Waals surface area contributed by atoms with Crippen LogP contribution in [0.4, 0.5) is 0 Å². The molecule has 1 unspecified atom stereocenters. The fraction of sp³-hybridized carbons (Fsp3) is 0.917. The summed E-state index contributed by atoms with van der Waals surface area (Å²) in [6, 6.07) is 0. The molecule has 0 radical (unpaired) electrons. The van der Waals surface area contributed by atoms with E-state index in [0.717, 1.165) is 0 Å². The molecule has 0 aromatic rings. The van der Waals surface area contributed by atoms with E-state index in [9.17, 15) is 20.1 Å². The number of carboxylic acids is 1. The van der Waals surface area contributed by atoms with E-state index in [2.05, 4.69) is 0 Å². The van der Waals surface area contributed by atoms with E-state index in [0.29, 0.717) is 12.2 Å². The topological polar surface area (TPSA) is 137 Å². The average Bonchev–Trinajstić information content (AvgIpc) is 2.45. The minimum absolute atomic E-state index is 0.0147. The first-order valence-corrected chi connectivity index (χ1v) is 7.74. The minimum atomic E-state index is -1.48. The Kier molecular flexibility index (Phi) is 7.88. The predicted octanol–water partition coefficient (Wildman–Crippen LogP) is -1.25. The van der Waals surface area contributed by atoms with Gasteiger partial charge in [-0.15, -0.1) is 11.8 Å². The van der Waals surface area contributed by atoms with Crippen molar-refractivity contribution in [3.8, 4) is 0 Å². The highest BCUT2D eigenvalue weighted by Crippen LogP contribution is 2.26. The van der Waals surface area contributed by atoms with Gasteiger partial charge in [0.2, 0.25) is 0 Å². The van der Waals surface area contributed by atoms with Crippen LogP contribution in [0.15, 0.2) is 0 Å². The Morgan fingerprint density at radius 2 is 1.95 bits per heavy atom. The molecule has 0 aromatic carbocycles. The SMILES string of the molecule is CCC(O[C@H]1O[C@H](CO)[C@H](O)[C@H](O)[C@H]1O)SCCC(=O)O. The number of rotatable bonds is 8. The molecule has 9 heteroatoms. The standard InChI is InChI=1S/C12H22O8S/c1-2-8(21-4-3-7(14)15)20-12-11(18)10(17)9(16)6(5-13)19-12/h6,8-13,16-18H,2-5H2,1H3,(H,14,15)/t6-,8?,9+,10+,11-,12-/m1/s1. The normalized spacial score (nSPS) is 34.6. The lowest BCUT2D eigenvalue weighted by Gasteiger charge is -2.40. The highest BCUT2D eigenvalue weighted by atomic mass is 32.2. The van der Waals surface area contributed by atoms with Crippen molar-refractivity contribution in [3.63, 3.8) is 0 Å². The van der Waals surface area contributed by atoms with E-state index in [4.69, 9.17) is 19.7 Å². The first-order chi connectivity index (χ1) is 9.90. The zero-order chi connectivity index (χ0) is 16.0. The lowest BCUT2D eigenvalue weighted by molar-refractivity contribution is -0.304. The third-order valence-electron chi connectivity index (χ3n) is 3.09. The second-order valence-electron chi connectivity index (χ2n) is 4.69. The molecule has 1 heterocycles. The van der Waals surface area contributed by atoms with E-state index >= 15 is 0 Å². The van der Waals surface area contributed by atoms with Gasteiger partial charge < -0.3 is 35.0 Å². The molecule has 0 aromatic heterocycles. The van der Waals surface area contributed by atoms with E-state index in [-0.39, 0.29) is 6.42 Å². The van der Waals surface area contributed by atoms with Crippen LogP contribution < -0.4 is 0 Å². The van der Waals surface area contributed by atoms with Crippen LogP contribution in [0.1, 0.15) is 19.8 Å². The van der Waals surface area contributed by atoms with Crippen LogP contribution in [0.5, 0.6) is 0 Å². The molecule has 1 aliphatic rings. The Morgan fingerprint density at radius 1 is 1.29 bits per heavy atom. The number of aliphatic carboxylic acids is 1. The molecular weight excluding hydrogens is 304 g/mol. The zero-order valence-electron chi connectivity index (χ0n) is 11.7. The number of hydrogen-bond donors (Lipinski definition) is 5. The largest absolute Gasteiger partial charge is 0.481 e. The van der Waals surface area contributed by atoms with Gasteiger partial charge in [-0.25, -0.2) is 0 Å². The van der Waals surface area contributed by atoms with Crippen molar-refractivity contribution in [1.82, 2.24) is 0 Å². The number of aliphatic hydroxyl groups is 4. The Morgan fingerprint density at radius 3 is 2.48 bits per heavy atom. The lowest BCUT2D eigenvalue weighted by Crippen LogP contribution is -2.59. The van der Waals surface area contributed by atoms with Crippen LogP contribution in [0.25, 0.3) is 0 Å². The molecule has 5 N–H and O–H groups in total. The Bertz CT molecular complexity index is 326. The number of aliphatic hydroxyl groups excluding tert-OH is 4. The fourth-order valence-corrected chi connectivity index (χ4v) is 2.84. The van der Waals surface area contributed by atoms with Crippen molar-refractivity contribution in [2.24, 2.45) is 0 Å². The van der Waals surface area contributed by atoms with Gasteiger partial charge in [-0.2, -0.15) is 0 Å². The second-order valence-corrected chi connectivity index (χ2v) is 5.95. The molecule has 0 saturated carbocycles. The van der Waals surface area contributed by atoms with Crippen LogP contribution in [0, 0.1) is 0 Å². The van der Waals surface area contributed by atoms with Gasteiger partial charge in [0.1, 0.15) is 29.9 Å². The van der Waals surface area contributed by atoms with Crippen LogP contribution in [0.3, 0.4) is 0 Å². The van der Waals surface area contributed by atoms with E-state index in [1.54, 1.807) is 0 Å². The smallest absolute Gasteiger partial charge is 0.304 e. The third kappa shape index (κ3) is 5.37. The van der Waals surface area contributed by atoms with Crippen molar-refractivity contribution in [1.29, 1.82) is 0 Å². The van der Waals surface area contributed by atoms with Crippen molar-refractivity contribution in [3.05, 3.63) is 0 Å². The summed E-state index contributed by atoms with van der Waals surface area (Å²) in [5.74, 6) is -0.573. The molecule has 8 nitrogen and oxygen atoms in total. The molecule has 0 amide bonds.